The van der Waals surface area contributed by atoms with Gasteiger partial charge in [0.1, 0.15) is 0 Å². The molecule has 0 N–H and O–H groups in total. The van der Waals surface area contributed by atoms with Crippen LogP contribution in [0.15, 0.2) is 70.3 Å². The molecule has 0 radical (unpaired) electrons. The number of ether oxygens (including phenoxy) is 4. The standard InChI is InChI=1S/C26H25N3O9/c1-15(30)35-21-22(36-16(2)31)25(37-17(3)32)38-24(21)29-26(34)28(14-18-10-6-4-7-11-18)23(33)20(27-29)19-12-8-5-9-13-19/h4-13,21-22,24-25H,14H2,1-3H3/t21-,22+,24-,25+/m1/s1. The highest BCUT2D eigenvalue weighted by Gasteiger charge is 2.53. The normalized spacial score (nSPS) is 20.5. The molecule has 1 aromatic heterocycles. The van der Waals surface area contributed by atoms with Crippen molar-refractivity contribution in [3.8, 4) is 11.3 Å². The van der Waals surface area contributed by atoms with Crippen molar-refractivity contribution in [3.63, 3.8) is 0 Å². The fraction of sp³-hybridized carbons (Fsp3) is 0.308. The second-order valence-corrected chi connectivity index (χ2v) is 8.47. The molecule has 0 bridgehead atoms. The number of esters is 3. The molecule has 0 aliphatic carbocycles. The molecule has 1 aliphatic heterocycles. The summed E-state index contributed by atoms with van der Waals surface area (Å²) in [5.74, 6) is -2.32. The molecule has 12 nitrogen and oxygen atoms in total. The lowest BCUT2D eigenvalue weighted by molar-refractivity contribution is -0.199. The third-order valence-corrected chi connectivity index (χ3v) is 5.59. The number of benzene rings is 2. The van der Waals surface area contributed by atoms with Gasteiger partial charge in [0.05, 0.1) is 6.54 Å². The molecule has 12 heteroatoms. The summed E-state index contributed by atoms with van der Waals surface area (Å²) in [5, 5.41) is 4.28. The van der Waals surface area contributed by atoms with Gasteiger partial charge < -0.3 is 18.9 Å². The van der Waals surface area contributed by atoms with Gasteiger partial charge in [-0.25, -0.2) is 4.79 Å². The predicted octanol–water partition coefficient (Wildman–Crippen LogP) is 1.40. The van der Waals surface area contributed by atoms with Crippen LogP contribution in [-0.4, -0.2) is 50.8 Å². The Morgan fingerprint density at radius 3 is 1.95 bits per heavy atom. The van der Waals surface area contributed by atoms with Gasteiger partial charge in [-0.05, 0) is 5.56 Å². The molecular formula is C26H25N3O9. The molecule has 2 aromatic carbocycles. The molecule has 3 aromatic rings. The van der Waals surface area contributed by atoms with Gasteiger partial charge >= 0.3 is 23.6 Å². The zero-order valence-corrected chi connectivity index (χ0v) is 20.8. The molecule has 4 rings (SSSR count). The zero-order chi connectivity index (χ0) is 27.4. The van der Waals surface area contributed by atoms with E-state index in [4.69, 9.17) is 18.9 Å². The van der Waals surface area contributed by atoms with Crippen molar-refractivity contribution in [1.29, 1.82) is 0 Å². The summed E-state index contributed by atoms with van der Waals surface area (Å²) in [7, 11) is 0. The van der Waals surface area contributed by atoms with Gasteiger partial charge in [0.2, 0.25) is 18.6 Å². The SMILES string of the molecule is CC(=O)O[C@H]1O[C@@H](n2nc(-c3ccccc3)c(=O)n(Cc3ccccc3)c2=O)[C@H](OC(C)=O)[C@@H]1OC(C)=O. The van der Waals surface area contributed by atoms with Gasteiger partial charge in [-0.3, -0.25) is 23.7 Å². The van der Waals surface area contributed by atoms with Gasteiger partial charge in [-0.1, -0.05) is 60.7 Å². The number of carbonyl (C=O) groups is 3. The van der Waals surface area contributed by atoms with Crippen molar-refractivity contribution in [3.05, 3.63) is 87.1 Å². The Morgan fingerprint density at radius 1 is 0.816 bits per heavy atom. The molecule has 1 fully saturated rings. The van der Waals surface area contributed by atoms with Crippen molar-refractivity contribution in [1.82, 2.24) is 14.3 Å². The molecule has 0 spiro atoms. The quantitative estimate of drug-likeness (QED) is 0.329. The maximum Gasteiger partial charge on any atom is 0.350 e. The van der Waals surface area contributed by atoms with Crippen molar-refractivity contribution >= 4 is 17.9 Å². The van der Waals surface area contributed by atoms with Gasteiger partial charge in [-0.2, -0.15) is 9.78 Å². The van der Waals surface area contributed by atoms with Crippen LogP contribution in [0.3, 0.4) is 0 Å². The van der Waals surface area contributed by atoms with E-state index in [1.807, 2.05) is 0 Å². The Morgan fingerprint density at radius 2 is 1.37 bits per heavy atom. The Bertz CT molecular complexity index is 1450. The van der Waals surface area contributed by atoms with E-state index in [0.29, 0.717) is 11.1 Å². The first kappa shape index (κ1) is 26.5. The van der Waals surface area contributed by atoms with E-state index < -0.39 is 53.9 Å². The Kier molecular flexibility index (Phi) is 7.82. The molecular weight excluding hydrogens is 498 g/mol. The topological polar surface area (TPSA) is 145 Å². The minimum Gasteiger partial charge on any atom is -0.453 e. The molecule has 0 saturated carbocycles. The van der Waals surface area contributed by atoms with E-state index in [0.717, 1.165) is 30.0 Å². The largest absolute Gasteiger partial charge is 0.453 e. The number of rotatable bonds is 7. The first-order valence-corrected chi connectivity index (χ1v) is 11.7. The van der Waals surface area contributed by atoms with Gasteiger partial charge in [-0.15, -0.1) is 0 Å². The molecule has 38 heavy (non-hydrogen) atoms. The zero-order valence-electron chi connectivity index (χ0n) is 20.8. The number of aromatic nitrogens is 3. The number of carbonyl (C=O) groups excluding carboxylic acids is 3. The fourth-order valence-corrected chi connectivity index (χ4v) is 4.08. The van der Waals surface area contributed by atoms with Crippen LogP contribution in [-0.2, 0) is 39.9 Å². The molecule has 0 unspecified atom stereocenters. The lowest BCUT2D eigenvalue weighted by Gasteiger charge is -2.23. The summed E-state index contributed by atoms with van der Waals surface area (Å²) in [4.78, 5) is 62.7. The second-order valence-electron chi connectivity index (χ2n) is 8.47. The highest BCUT2D eigenvalue weighted by Crippen LogP contribution is 2.34. The second kappa shape index (κ2) is 11.2. The Balaban J connectivity index is 1.91. The highest BCUT2D eigenvalue weighted by atomic mass is 16.8. The van der Waals surface area contributed by atoms with Crippen molar-refractivity contribution in [2.24, 2.45) is 0 Å². The smallest absolute Gasteiger partial charge is 0.350 e. The highest BCUT2D eigenvalue weighted by molar-refractivity contribution is 5.68. The molecule has 1 saturated heterocycles. The third kappa shape index (κ3) is 5.70. The van der Waals surface area contributed by atoms with E-state index >= 15 is 0 Å². The van der Waals surface area contributed by atoms with E-state index in [1.54, 1.807) is 60.7 Å². The maximum atomic E-state index is 13.7. The molecule has 0 amide bonds. The van der Waals surface area contributed by atoms with E-state index in [9.17, 15) is 24.0 Å². The lowest BCUT2D eigenvalue weighted by Crippen LogP contribution is -2.47. The van der Waals surface area contributed by atoms with Crippen LogP contribution in [0.1, 0.15) is 32.6 Å². The van der Waals surface area contributed by atoms with Crippen LogP contribution in [0, 0.1) is 0 Å². The van der Waals surface area contributed by atoms with Gasteiger partial charge in [0.15, 0.2) is 11.8 Å². The maximum absolute atomic E-state index is 13.7. The van der Waals surface area contributed by atoms with Crippen molar-refractivity contribution in [2.45, 2.75) is 52.0 Å². The van der Waals surface area contributed by atoms with Gasteiger partial charge in [0, 0.05) is 26.3 Å². The number of hydrogen-bond donors (Lipinski definition) is 0. The van der Waals surface area contributed by atoms with Crippen molar-refractivity contribution < 1.29 is 33.3 Å². The third-order valence-electron chi connectivity index (χ3n) is 5.59. The summed E-state index contributed by atoms with van der Waals surface area (Å²) in [6, 6.07) is 17.3. The first-order valence-electron chi connectivity index (χ1n) is 11.7. The average molecular weight is 523 g/mol. The molecule has 198 valence electrons. The average Bonchev–Trinajstić information content (AvgIpc) is 3.17. The van der Waals surface area contributed by atoms with Crippen LogP contribution in [0.2, 0.25) is 0 Å². The first-order chi connectivity index (χ1) is 18.2. The minimum absolute atomic E-state index is 0.0775. The van der Waals surface area contributed by atoms with Crippen LogP contribution in [0.4, 0.5) is 0 Å². The minimum atomic E-state index is -1.52. The van der Waals surface area contributed by atoms with E-state index in [2.05, 4.69) is 5.10 Å². The Hall–Kier alpha value is -4.58. The summed E-state index contributed by atoms with van der Waals surface area (Å²) >= 11 is 0. The van der Waals surface area contributed by atoms with E-state index in [-0.39, 0.29) is 12.2 Å². The summed E-state index contributed by atoms with van der Waals surface area (Å²) in [6.07, 6.45) is -5.87. The van der Waals surface area contributed by atoms with Crippen LogP contribution < -0.4 is 11.2 Å². The van der Waals surface area contributed by atoms with Crippen molar-refractivity contribution in [2.75, 3.05) is 0 Å². The Labute approximate surface area is 216 Å². The summed E-state index contributed by atoms with van der Waals surface area (Å²) < 4.78 is 23.4. The monoisotopic (exact) mass is 523 g/mol. The molecule has 1 aliphatic rings. The number of nitrogens with zero attached hydrogens (tertiary/aromatic N) is 3. The summed E-state index contributed by atoms with van der Waals surface area (Å²) in [6.45, 7) is 3.25. The summed E-state index contributed by atoms with van der Waals surface area (Å²) in [5.41, 5.74) is -0.528. The molecule has 2 heterocycles. The van der Waals surface area contributed by atoms with Crippen LogP contribution >= 0.6 is 0 Å². The van der Waals surface area contributed by atoms with Crippen LogP contribution in [0.25, 0.3) is 11.3 Å². The van der Waals surface area contributed by atoms with Gasteiger partial charge in [0.25, 0.3) is 5.56 Å². The van der Waals surface area contributed by atoms with Crippen LogP contribution in [0.5, 0.6) is 0 Å². The number of hydrogen-bond acceptors (Lipinski definition) is 10. The van der Waals surface area contributed by atoms with E-state index in [1.165, 1.54) is 0 Å². The lowest BCUT2D eigenvalue weighted by atomic mass is 10.1. The fourth-order valence-electron chi connectivity index (χ4n) is 4.08. The predicted molar refractivity (Wildman–Crippen MR) is 131 cm³/mol. The molecule has 4 atom stereocenters.